The topological polar surface area (TPSA) is 91.0 Å². The summed E-state index contributed by atoms with van der Waals surface area (Å²) >= 11 is 0. The second kappa shape index (κ2) is 6.58. The number of rotatable bonds is 4. The smallest absolute Gasteiger partial charge is 0.231 e. The van der Waals surface area contributed by atoms with Crippen molar-refractivity contribution in [2.75, 3.05) is 13.6 Å². The minimum absolute atomic E-state index is 0.0176. The summed E-state index contributed by atoms with van der Waals surface area (Å²) in [5.74, 6) is -0.699. The molecule has 0 bridgehead atoms. The van der Waals surface area contributed by atoms with Crippen LogP contribution < -0.4 is 11.1 Å². The van der Waals surface area contributed by atoms with Gasteiger partial charge < -0.3 is 21.2 Å². The van der Waals surface area contributed by atoms with E-state index >= 15 is 0 Å². The number of carbonyl (C=O) groups excluding carboxylic acids is 1. The highest BCUT2D eigenvalue weighted by Gasteiger charge is 2.27. The lowest BCUT2D eigenvalue weighted by atomic mass is 9.97. The van der Waals surface area contributed by atoms with Crippen LogP contribution in [0.3, 0.4) is 0 Å². The molecular formula is C12H24N4O2. The Hall–Kier alpha value is -1.30. The molecule has 6 nitrogen and oxygen atoms in total. The normalized spacial score (nSPS) is 27.8. The number of likely N-dealkylation sites (tertiary alicyclic amines) is 1. The first-order valence-corrected chi connectivity index (χ1v) is 6.47. The highest BCUT2D eigenvalue weighted by Crippen LogP contribution is 2.16. The Morgan fingerprint density at radius 2 is 2.33 bits per heavy atom. The third-order valence-corrected chi connectivity index (χ3v) is 3.75. The summed E-state index contributed by atoms with van der Waals surface area (Å²) < 4.78 is 0. The molecule has 3 unspecified atom stereocenters. The van der Waals surface area contributed by atoms with Crippen molar-refractivity contribution >= 4 is 11.7 Å². The summed E-state index contributed by atoms with van der Waals surface area (Å²) in [6.45, 7) is 4.98. The summed E-state index contributed by atoms with van der Waals surface area (Å²) in [6.07, 6.45) is 2.41. The van der Waals surface area contributed by atoms with Crippen LogP contribution in [0.2, 0.25) is 0 Å². The molecule has 4 N–H and O–H groups in total. The van der Waals surface area contributed by atoms with E-state index in [4.69, 9.17) is 10.9 Å². The van der Waals surface area contributed by atoms with E-state index in [9.17, 15) is 4.79 Å². The maximum atomic E-state index is 12.0. The molecular weight excluding hydrogens is 232 g/mol. The van der Waals surface area contributed by atoms with Gasteiger partial charge in [-0.05, 0) is 33.2 Å². The number of carbonyl (C=O) groups is 1. The van der Waals surface area contributed by atoms with Gasteiger partial charge in [-0.15, -0.1) is 0 Å². The zero-order valence-corrected chi connectivity index (χ0v) is 11.4. The van der Waals surface area contributed by atoms with E-state index < -0.39 is 5.92 Å². The van der Waals surface area contributed by atoms with E-state index in [-0.39, 0.29) is 17.8 Å². The van der Waals surface area contributed by atoms with Crippen molar-refractivity contribution in [2.45, 2.75) is 45.2 Å². The van der Waals surface area contributed by atoms with Crippen LogP contribution in [0.25, 0.3) is 0 Å². The van der Waals surface area contributed by atoms with Gasteiger partial charge in [0.15, 0.2) is 5.84 Å². The summed E-state index contributed by atoms with van der Waals surface area (Å²) in [6, 6.07) is 0.650. The average Bonchev–Trinajstić information content (AvgIpc) is 2.34. The highest BCUT2D eigenvalue weighted by molar-refractivity contribution is 6.02. The molecule has 1 amide bonds. The molecule has 1 saturated heterocycles. The number of nitrogens with zero attached hydrogens (tertiary/aromatic N) is 2. The maximum absolute atomic E-state index is 12.0. The van der Waals surface area contributed by atoms with Crippen LogP contribution in [0.1, 0.15) is 33.1 Å². The quantitative estimate of drug-likeness (QED) is 0.293. The minimum atomic E-state index is -0.537. The van der Waals surface area contributed by atoms with Crippen molar-refractivity contribution in [3.63, 3.8) is 0 Å². The number of oxime groups is 1. The van der Waals surface area contributed by atoms with Crippen molar-refractivity contribution in [3.8, 4) is 0 Å². The lowest BCUT2D eigenvalue weighted by Crippen LogP contribution is -2.50. The van der Waals surface area contributed by atoms with Crippen LogP contribution in [0.15, 0.2) is 5.16 Å². The molecule has 1 rings (SSSR count). The van der Waals surface area contributed by atoms with Gasteiger partial charge in [-0.25, -0.2) is 0 Å². The third-order valence-electron chi connectivity index (χ3n) is 3.75. The molecule has 0 aromatic heterocycles. The van der Waals surface area contributed by atoms with Gasteiger partial charge in [-0.1, -0.05) is 12.1 Å². The summed E-state index contributed by atoms with van der Waals surface area (Å²) in [4.78, 5) is 14.3. The van der Waals surface area contributed by atoms with Gasteiger partial charge in [0.1, 0.15) is 0 Å². The predicted octanol–water partition coefficient (Wildman–Crippen LogP) is 0.358. The third kappa shape index (κ3) is 3.60. The molecule has 1 fully saturated rings. The molecule has 104 valence electrons. The maximum Gasteiger partial charge on any atom is 0.231 e. The van der Waals surface area contributed by atoms with E-state index in [2.05, 4.69) is 29.3 Å². The molecule has 1 heterocycles. The summed E-state index contributed by atoms with van der Waals surface area (Å²) in [7, 11) is 2.09. The monoisotopic (exact) mass is 256 g/mol. The van der Waals surface area contributed by atoms with E-state index in [0.717, 1.165) is 19.4 Å². The molecule has 0 aromatic carbocycles. The molecule has 6 heteroatoms. The number of amidine groups is 1. The number of nitrogens with one attached hydrogen (secondary N) is 1. The van der Waals surface area contributed by atoms with Gasteiger partial charge in [-0.2, -0.15) is 0 Å². The fraction of sp³-hybridized carbons (Fsp3) is 0.833. The van der Waals surface area contributed by atoms with Crippen LogP contribution in [0, 0.1) is 5.92 Å². The highest BCUT2D eigenvalue weighted by atomic mass is 16.4. The zero-order valence-electron chi connectivity index (χ0n) is 11.4. The molecule has 18 heavy (non-hydrogen) atoms. The van der Waals surface area contributed by atoms with Crippen molar-refractivity contribution in [3.05, 3.63) is 0 Å². The largest absolute Gasteiger partial charge is 0.409 e. The van der Waals surface area contributed by atoms with Crippen molar-refractivity contribution in [2.24, 2.45) is 16.8 Å². The minimum Gasteiger partial charge on any atom is -0.409 e. The number of hydrogen-bond acceptors (Lipinski definition) is 4. The molecule has 0 radical (unpaired) electrons. The van der Waals surface area contributed by atoms with Crippen LogP contribution >= 0.6 is 0 Å². The second-order valence-corrected chi connectivity index (χ2v) is 5.05. The van der Waals surface area contributed by atoms with E-state index in [1.807, 2.05) is 6.92 Å². The van der Waals surface area contributed by atoms with Crippen molar-refractivity contribution in [1.82, 2.24) is 10.2 Å². The standard InChI is InChI=1S/C12H24N4O2/c1-4-10(11(13)15-18)12(17)14-9-5-6-16(3)8(2)7-9/h8-10,18H,4-7H2,1-3H3,(H2,13,15)(H,14,17). The number of hydrogen-bond donors (Lipinski definition) is 3. The summed E-state index contributed by atoms with van der Waals surface area (Å²) in [5.41, 5.74) is 5.51. The fourth-order valence-electron chi connectivity index (χ4n) is 2.32. The van der Waals surface area contributed by atoms with Crippen molar-refractivity contribution < 1.29 is 10.0 Å². The van der Waals surface area contributed by atoms with Gasteiger partial charge in [0.2, 0.25) is 5.91 Å². The molecule has 0 aromatic rings. The second-order valence-electron chi connectivity index (χ2n) is 5.05. The Morgan fingerprint density at radius 1 is 1.67 bits per heavy atom. The lowest BCUT2D eigenvalue weighted by Gasteiger charge is -2.35. The Labute approximate surface area is 108 Å². The first-order chi connectivity index (χ1) is 8.49. The molecule has 0 aliphatic carbocycles. The average molecular weight is 256 g/mol. The first kappa shape index (κ1) is 14.8. The number of piperidine rings is 1. The molecule has 3 atom stereocenters. The Morgan fingerprint density at radius 3 is 2.83 bits per heavy atom. The number of amides is 1. The van der Waals surface area contributed by atoms with Crippen LogP contribution in [0.4, 0.5) is 0 Å². The Balaban J connectivity index is 2.54. The zero-order chi connectivity index (χ0) is 13.7. The van der Waals surface area contributed by atoms with Gasteiger partial charge in [0.25, 0.3) is 0 Å². The van der Waals surface area contributed by atoms with Gasteiger partial charge in [-0.3, -0.25) is 4.79 Å². The van der Waals surface area contributed by atoms with E-state index in [1.165, 1.54) is 0 Å². The molecule has 1 aliphatic rings. The van der Waals surface area contributed by atoms with E-state index in [1.54, 1.807) is 0 Å². The molecule has 0 saturated carbocycles. The van der Waals surface area contributed by atoms with E-state index in [0.29, 0.717) is 12.5 Å². The van der Waals surface area contributed by atoms with Crippen LogP contribution in [-0.2, 0) is 4.79 Å². The SMILES string of the molecule is CCC(C(=O)NC1CCN(C)C(C)C1)C(N)=NO. The first-order valence-electron chi connectivity index (χ1n) is 6.47. The van der Waals surface area contributed by atoms with Gasteiger partial charge in [0, 0.05) is 18.6 Å². The number of nitrogens with two attached hydrogens (primary N) is 1. The van der Waals surface area contributed by atoms with Crippen LogP contribution in [0.5, 0.6) is 0 Å². The molecule has 1 aliphatic heterocycles. The summed E-state index contributed by atoms with van der Waals surface area (Å²) in [5, 5.41) is 14.6. The van der Waals surface area contributed by atoms with Crippen LogP contribution in [-0.4, -0.2) is 47.5 Å². The van der Waals surface area contributed by atoms with Gasteiger partial charge in [0.05, 0.1) is 5.92 Å². The lowest BCUT2D eigenvalue weighted by molar-refractivity contribution is -0.124. The predicted molar refractivity (Wildman–Crippen MR) is 70.4 cm³/mol. The Bertz CT molecular complexity index is 319. The van der Waals surface area contributed by atoms with Gasteiger partial charge >= 0.3 is 0 Å². The Kier molecular flexibility index (Phi) is 5.40. The van der Waals surface area contributed by atoms with Crippen molar-refractivity contribution in [1.29, 1.82) is 0 Å². The molecule has 0 spiro atoms. The fourth-order valence-corrected chi connectivity index (χ4v) is 2.32.